The van der Waals surface area contributed by atoms with Crippen molar-refractivity contribution in [2.24, 2.45) is 0 Å². The van der Waals surface area contributed by atoms with E-state index in [0.717, 1.165) is 24.3 Å². The molecule has 2 aromatic heterocycles. The Morgan fingerprint density at radius 2 is 1.81 bits per heavy atom. The van der Waals surface area contributed by atoms with E-state index in [-0.39, 0.29) is 5.56 Å². The minimum absolute atomic E-state index is 0.00544. The van der Waals surface area contributed by atoms with Crippen LogP contribution in [-0.4, -0.2) is 25.1 Å². The van der Waals surface area contributed by atoms with Crippen LogP contribution in [0.1, 0.15) is 10.4 Å². The van der Waals surface area contributed by atoms with Crippen LogP contribution in [-0.2, 0) is 11.0 Å². The fourth-order valence-corrected chi connectivity index (χ4v) is 3.56. The Bertz CT molecular complexity index is 1340. The molecule has 1 atom stereocenters. The first-order chi connectivity index (χ1) is 14.8. The summed E-state index contributed by atoms with van der Waals surface area (Å²) in [5.74, 6) is -5.20. The highest BCUT2D eigenvalue weighted by Crippen LogP contribution is 2.28. The van der Waals surface area contributed by atoms with Gasteiger partial charge in [-0.1, -0.05) is 0 Å². The van der Waals surface area contributed by atoms with Gasteiger partial charge in [-0.2, -0.15) is 0 Å². The third-order valence-electron chi connectivity index (χ3n) is 4.16. The number of rotatable bonds is 5. The van der Waals surface area contributed by atoms with Crippen LogP contribution in [0.15, 0.2) is 53.8 Å². The summed E-state index contributed by atoms with van der Waals surface area (Å²) in [5.41, 5.74) is -0.473. The number of hydrogen-bond donors (Lipinski definition) is 3. The van der Waals surface area contributed by atoms with E-state index in [1.165, 1.54) is 18.6 Å². The number of anilines is 2. The van der Waals surface area contributed by atoms with E-state index < -0.39 is 56.4 Å². The summed E-state index contributed by atoms with van der Waals surface area (Å²) in [6.45, 7) is 0. The average Bonchev–Trinajstić information content (AvgIpc) is 3.20. The summed E-state index contributed by atoms with van der Waals surface area (Å²) in [4.78, 5) is 22.6. The first kappa shape index (κ1) is 20.5. The van der Waals surface area contributed by atoms with Crippen LogP contribution >= 0.6 is 0 Å². The molecule has 0 fully saturated rings. The van der Waals surface area contributed by atoms with Crippen LogP contribution < -0.4 is 10.0 Å². The lowest BCUT2D eigenvalue weighted by molar-refractivity contribution is 0.102. The highest BCUT2D eigenvalue weighted by atomic mass is 32.2. The van der Waals surface area contributed by atoms with Gasteiger partial charge in [0.2, 0.25) is 0 Å². The lowest BCUT2D eigenvalue weighted by Crippen LogP contribution is -2.16. The van der Waals surface area contributed by atoms with Crippen molar-refractivity contribution in [2.45, 2.75) is 4.90 Å². The molecule has 4 rings (SSSR count). The average molecular weight is 449 g/mol. The van der Waals surface area contributed by atoms with E-state index in [1.54, 1.807) is 0 Å². The Kier molecular flexibility index (Phi) is 5.38. The number of aromatic amines is 1. The largest absolute Gasteiger partial charge is 0.343 e. The van der Waals surface area contributed by atoms with E-state index >= 15 is 0 Å². The van der Waals surface area contributed by atoms with Gasteiger partial charge in [-0.05, 0) is 30.3 Å². The maximum absolute atomic E-state index is 14.8. The molecule has 0 saturated heterocycles. The number of benzene rings is 2. The Morgan fingerprint density at radius 1 is 1.00 bits per heavy atom. The van der Waals surface area contributed by atoms with Crippen molar-refractivity contribution in [1.82, 2.24) is 15.0 Å². The number of aromatic nitrogens is 3. The van der Waals surface area contributed by atoms with Gasteiger partial charge in [-0.15, -0.1) is 0 Å². The van der Waals surface area contributed by atoms with Crippen molar-refractivity contribution in [3.05, 3.63) is 77.8 Å². The molecule has 0 radical (unpaired) electrons. The number of hydrogen-bond acceptors (Lipinski definition) is 4. The third-order valence-corrected chi connectivity index (χ3v) is 5.30. The third kappa shape index (κ3) is 4.10. The molecule has 0 saturated carbocycles. The maximum atomic E-state index is 14.8. The quantitative estimate of drug-likeness (QED) is 0.403. The van der Waals surface area contributed by atoms with Gasteiger partial charge in [0, 0.05) is 12.3 Å². The monoisotopic (exact) mass is 449 g/mol. The van der Waals surface area contributed by atoms with Crippen molar-refractivity contribution >= 4 is 39.4 Å². The zero-order valence-electron chi connectivity index (χ0n) is 15.2. The van der Waals surface area contributed by atoms with Crippen molar-refractivity contribution < 1.29 is 26.6 Å². The van der Waals surface area contributed by atoms with Gasteiger partial charge in [0.25, 0.3) is 5.91 Å². The lowest BCUT2D eigenvalue weighted by Gasteiger charge is -2.13. The molecule has 31 heavy (non-hydrogen) atoms. The Morgan fingerprint density at radius 3 is 2.58 bits per heavy atom. The van der Waals surface area contributed by atoms with Gasteiger partial charge in [0.15, 0.2) is 22.5 Å². The molecular weight excluding hydrogens is 438 g/mol. The first-order valence-electron chi connectivity index (χ1n) is 8.55. The molecule has 0 aliphatic heterocycles. The minimum Gasteiger partial charge on any atom is -0.343 e. The van der Waals surface area contributed by atoms with Gasteiger partial charge >= 0.3 is 0 Å². The lowest BCUT2D eigenvalue weighted by atomic mass is 10.2. The molecule has 2 aromatic carbocycles. The fraction of sp³-hybridized carbons (Fsp3) is 0. The van der Waals surface area contributed by atoms with E-state index in [2.05, 4.69) is 25.0 Å². The Labute approximate surface area is 174 Å². The van der Waals surface area contributed by atoms with Gasteiger partial charge in [0.1, 0.15) is 23.1 Å². The van der Waals surface area contributed by atoms with E-state index in [0.29, 0.717) is 17.2 Å². The molecule has 2 heterocycles. The van der Waals surface area contributed by atoms with Crippen LogP contribution in [0.25, 0.3) is 11.2 Å². The molecule has 4 aromatic rings. The van der Waals surface area contributed by atoms with Crippen LogP contribution in [0.5, 0.6) is 0 Å². The number of carbonyl (C=O) groups is 1. The molecule has 3 N–H and O–H groups in total. The minimum atomic E-state index is -2.33. The van der Waals surface area contributed by atoms with Crippen LogP contribution in [0.3, 0.4) is 0 Å². The standard InChI is InChI=1S/C19H11F4N5O2S/c20-10-1-4-15(12(22)6-10)31(30)28-13-3-2-11(21)17(16(13)23)27-19(29)9-5-14-18(24-7-9)26-8-25-14/h1-8,28H,(H,27,29)(H,24,25,26). The fourth-order valence-electron chi connectivity index (χ4n) is 2.67. The van der Waals surface area contributed by atoms with Crippen LogP contribution in [0.4, 0.5) is 28.9 Å². The van der Waals surface area contributed by atoms with Crippen molar-refractivity contribution in [3.8, 4) is 0 Å². The summed E-state index contributed by atoms with van der Waals surface area (Å²) >= 11 is 0. The normalized spacial score (nSPS) is 12.0. The molecule has 0 aliphatic carbocycles. The number of imidazole rings is 1. The van der Waals surface area contributed by atoms with Gasteiger partial charge in [-0.25, -0.2) is 31.7 Å². The summed E-state index contributed by atoms with van der Waals surface area (Å²) in [5, 5.41) is 2.10. The van der Waals surface area contributed by atoms with E-state index in [4.69, 9.17) is 0 Å². The highest BCUT2D eigenvalue weighted by Gasteiger charge is 2.20. The smallest absolute Gasteiger partial charge is 0.257 e. The number of nitrogens with one attached hydrogen (secondary N) is 3. The van der Waals surface area contributed by atoms with Crippen LogP contribution in [0.2, 0.25) is 0 Å². The predicted octanol–water partition coefficient (Wildman–Crippen LogP) is 3.90. The number of pyridine rings is 1. The molecule has 0 spiro atoms. The number of halogens is 4. The SMILES string of the molecule is O=C(Nc1c(F)ccc(NS(=O)c2ccc(F)cc2F)c1F)c1cnc2nc[nH]c2c1. The number of fused-ring (bicyclic) bond motifs is 1. The Hall–Kier alpha value is -3.80. The zero-order chi connectivity index (χ0) is 22.1. The first-order valence-corrected chi connectivity index (χ1v) is 9.70. The summed E-state index contributed by atoms with van der Waals surface area (Å²) < 4.78 is 70.3. The Balaban J connectivity index is 1.59. The molecule has 12 heteroatoms. The number of H-pyrrole nitrogens is 1. The zero-order valence-corrected chi connectivity index (χ0v) is 16.1. The molecule has 0 aliphatic rings. The van der Waals surface area contributed by atoms with Crippen molar-refractivity contribution in [2.75, 3.05) is 10.0 Å². The second kappa shape index (κ2) is 8.14. The molecule has 1 amide bonds. The highest BCUT2D eigenvalue weighted by molar-refractivity contribution is 7.86. The van der Waals surface area contributed by atoms with Crippen LogP contribution in [0, 0.1) is 23.3 Å². The second-order valence-electron chi connectivity index (χ2n) is 6.18. The van der Waals surface area contributed by atoms with Gasteiger partial charge < -0.3 is 10.3 Å². The summed E-state index contributed by atoms with van der Waals surface area (Å²) in [6.07, 6.45) is 2.56. The number of carbonyl (C=O) groups excluding carboxylic acids is 1. The van der Waals surface area contributed by atoms with E-state index in [1.807, 2.05) is 0 Å². The molecule has 0 bridgehead atoms. The van der Waals surface area contributed by atoms with Crippen molar-refractivity contribution in [3.63, 3.8) is 0 Å². The number of nitrogens with zero attached hydrogens (tertiary/aromatic N) is 2. The van der Waals surface area contributed by atoms with Crippen molar-refractivity contribution in [1.29, 1.82) is 0 Å². The number of amides is 1. The molecular formula is C19H11F4N5O2S. The van der Waals surface area contributed by atoms with Gasteiger partial charge in [0.05, 0.1) is 28.0 Å². The second-order valence-corrected chi connectivity index (χ2v) is 7.36. The topological polar surface area (TPSA) is 99.8 Å². The van der Waals surface area contributed by atoms with E-state index in [9.17, 15) is 26.6 Å². The summed E-state index contributed by atoms with van der Waals surface area (Å²) in [7, 11) is -2.33. The molecule has 1 unspecified atom stereocenters. The molecule has 7 nitrogen and oxygen atoms in total. The maximum Gasteiger partial charge on any atom is 0.257 e. The predicted molar refractivity (Wildman–Crippen MR) is 105 cm³/mol. The molecule has 158 valence electrons. The van der Waals surface area contributed by atoms with Gasteiger partial charge in [-0.3, -0.25) is 9.52 Å². The summed E-state index contributed by atoms with van der Waals surface area (Å²) in [6, 6.07) is 5.49.